The topological polar surface area (TPSA) is 364 Å². The van der Waals surface area contributed by atoms with E-state index in [-0.39, 0.29) is 121 Å². The van der Waals surface area contributed by atoms with Crippen LogP contribution in [-0.4, -0.2) is 156 Å². The van der Waals surface area contributed by atoms with Crippen LogP contribution in [0.15, 0.2) is 84.9 Å². The number of hydrogen-bond acceptors (Lipinski definition) is 14. The Balaban J connectivity index is 0.648. The number of primary amides is 1. The van der Waals surface area contributed by atoms with E-state index >= 15 is 9.59 Å². The van der Waals surface area contributed by atoms with E-state index < -0.39 is 84.5 Å². The van der Waals surface area contributed by atoms with E-state index in [1.807, 2.05) is 41.3 Å². The van der Waals surface area contributed by atoms with E-state index in [1.165, 1.54) is 30.8 Å². The first-order valence-corrected chi connectivity index (χ1v) is 35.4. The van der Waals surface area contributed by atoms with Gasteiger partial charge in [0.15, 0.2) is 0 Å². The molecule has 2 aliphatic heterocycles. The number of amides is 10. The number of alkyl halides is 2. The third-order valence-corrected chi connectivity index (χ3v) is 22.6. The van der Waals surface area contributed by atoms with Gasteiger partial charge in [-0.1, -0.05) is 74.5 Å². The quantitative estimate of drug-likeness (QED) is 0.0145. The molecule has 29 heteroatoms. The number of benzene rings is 5. The summed E-state index contributed by atoms with van der Waals surface area (Å²) in [5.74, 6) is -2.27. The summed E-state index contributed by atoms with van der Waals surface area (Å²) in [7, 11) is -1.90. The molecule has 5 aromatic carbocycles. The van der Waals surface area contributed by atoms with Crippen LogP contribution in [0.25, 0.3) is 21.5 Å². The number of rotatable bonds is 28. The van der Waals surface area contributed by atoms with Gasteiger partial charge in [-0.15, -0.1) is 23.2 Å². The first kappa shape index (κ1) is 68.7. The maximum absolute atomic E-state index is 15.3. The average Bonchev–Trinajstić information content (AvgIpc) is 0.710. The molecule has 8 aliphatic rings. The Bertz CT molecular complexity index is 4030. The van der Waals surface area contributed by atoms with Crippen LogP contribution >= 0.6 is 31.0 Å². The van der Waals surface area contributed by atoms with Crippen molar-refractivity contribution in [1.29, 1.82) is 0 Å². The maximum Gasteiger partial charge on any atom is 0.524 e. The Morgan fingerprint density at radius 3 is 1.65 bits per heavy atom. The first-order valence-electron chi connectivity index (χ1n) is 32.8. The normalized spacial score (nSPS) is 24.6. The minimum Gasteiger partial charge on any atom is -0.445 e. The molecule has 5 atom stereocenters. The lowest BCUT2D eigenvalue weighted by molar-refractivity contribution is -0.623. The molecule has 0 aromatic heterocycles. The van der Waals surface area contributed by atoms with Gasteiger partial charge in [0.05, 0.1) is 22.2 Å². The van der Waals surface area contributed by atoms with Gasteiger partial charge in [-0.25, -0.2) is 18.9 Å². The SMILES string of the molecule is CC(=O)N[C@@H](CCCCN)C(=O)N[C@H](C(=O)N[C@@H](CCCNC(N)=O)C(=O)Nc1ccc(COC(=O)N(C)CCN(C)C(=O)Oc2cc3c(c4ccccc24)C(CCl)CN3C(=O)C23C4C5C2C2C3C4C52C(=O)N2C[C@@H](CCl)c3c2cc(OP(=O)(O)O)c2ccccc32)cc1)C(C)C. The van der Waals surface area contributed by atoms with Gasteiger partial charge < -0.3 is 71.6 Å². The van der Waals surface area contributed by atoms with Gasteiger partial charge in [-0.3, -0.25) is 38.6 Å². The highest BCUT2D eigenvalue weighted by atomic mass is 35.5. The van der Waals surface area contributed by atoms with E-state index in [0.29, 0.717) is 77.7 Å². The monoisotopic (exact) mass is 1390 g/mol. The Labute approximate surface area is 569 Å². The van der Waals surface area contributed by atoms with E-state index in [4.69, 9.17) is 48.7 Å². The molecule has 0 spiro atoms. The number of halogens is 2. The van der Waals surface area contributed by atoms with Crippen molar-refractivity contribution in [3.8, 4) is 11.5 Å². The number of carbonyl (C=O) groups is 9. The second kappa shape index (κ2) is 26.9. The molecule has 26 nitrogen and oxygen atoms in total. The fraction of sp³-hybridized carbons (Fsp3) is 0.485. The van der Waals surface area contributed by atoms with Crippen molar-refractivity contribution in [3.05, 3.63) is 102 Å². The molecule has 6 saturated carbocycles. The van der Waals surface area contributed by atoms with Crippen molar-refractivity contribution < 1.29 is 71.5 Å². The molecule has 516 valence electrons. The highest BCUT2D eigenvalue weighted by Gasteiger charge is 3.13. The number of fused-ring (bicyclic) bond motifs is 6. The summed E-state index contributed by atoms with van der Waals surface area (Å²) in [5, 5.41) is 16.0. The van der Waals surface area contributed by atoms with Crippen LogP contribution in [0.2, 0.25) is 0 Å². The second-order valence-corrected chi connectivity index (χ2v) is 28.8. The predicted molar refractivity (Wildman–Crippen MR) is 361 cm³/mol. The number of carbonyl (C=O) groups excluding carboxylic acids is 9. The number of nitrogens with one attached hydrogen (secondary N) is 5. The van der Waals surface area contributed by atoms with Crippen molar-refractivity contribution in [2.24, 2.45) is 63.7 Å². The summed E-state index contributed by atoms with van der Waals surface area (Å²) in [6.45, 7) is 5.86. The van der Waals surface area contributed by atoms with Gasteiger partial charge in [0.25, 0.3) is 0 Å². The molecule has 6 fully saturated rings. The third-order valence-electron chi connectivity index (χ3n) is 21.4. The molecule has 2 heterocycles. The van der Waals surface area contributed by atoms with Gasteiger partial charge in [0.1, 0.15) is 36.2 Å². The van der Waals surface area contributed by atoms with Crippen LogP contribution < -0.4 is 57.1 Å². The lowest BCUT2D eigenvalue weighted by Gasteiger charge is -3.09. The molecule has 1 unspecified atom stereocenters. The Morgan fingerprint density at radius 2 is 1.15 bits per heavy atom. The van der Waals surface area contributed by atoms with Gasteiger partial charge in [-0.05, 0) is 120 Å². The van der Waals surface area contributed by atoms with Crippen LogP contribution in [0.5, 0.6) is 11.5 Å². The van der Waals surface area contributed by atoms with Gasteiger partial charge in [0.2, 0.25) is 35.4 Å². The molecular formula is C68H80Cl2N11O15P. The lowest BCUT2D eigenvalue weighted by atomic mass is 8.92. The van der Waals surface area contributed by atoms with Crippen LogP contribution in [-0.2, 0) is 44.7 Å². The molecule has 6 aliphatic carbocycles. The fourth-order valence-corrected chi connectivity index (χ4v) is 18.2. The van der Waals surface area contributed by atoms with Gasteiger partial charge in [-0.2, -0.15) is 0 Å². The van der Waals surface area contributed by atoms with E-state index in [0.717, 1.165) is 16.5 Å². The first-order chi connectivity index (χ1) is 46.3. The summed E-state index contributed by atoms with van der Waals surface area (Å²) in [5.41, 5.74) is 13.4. The van der Waals surface area contributed by atoms with Crippen molar-refractivity contribution in [3.63, 3.8) is 0 Å². The van der Waals surface area contributed by atoms with Crippen molar-refractivity contribution >= 4 is 123 Å². The summed E-state index contributed by atoms with van der Waals surface area (Å²) in [4.78, 5) is 148. The number of hydrogen-bond donors (Lipinski definition) is 9. The molecule has 13 rings (SSSR count). The standard InChI is InChI=1S/C68H80Cl2N11O15P/c1-34(2)58(77-60(84)44(74-35(3)82)17-10-11-23-71)61(85)76-45(18-12-24-73-64(72)88)59(83)75-39-21-19-36(20-22-39)33-94-65(89)78(4)25-26-79(5)66(90)95-48-27-46-50(42-15-8-6-13-40(42)48)37(29-69)31-80(46)62(86)67-52-55-53(67)57-54(67)56(52)68(55,57)63(87)81-32-38(30-70)51-43-16-9-7-14-41(43)49(28-47(51)81)96-97(91,92)93/h6-9,13-16,19-22,27-28,34,37-38,44-45,52-58H,10-12,17-18,23-26,29-33,71H2,1-5H3,(H,74,82)(H,75,83)(H,76,85)(H,77,84)(H3,72,73,88)(H2,91,92,93)/t37?,38-,44+,45+,52?,53?,54?,55?,56?,57?,58+,67?,68?/m1/s1. The zero-order valence-corrected chi connectivity index (χ0v) is 56.7. The van der Waals surface area contributed by atoms with Crippen molar-refractivity contribution in [1.82, 2.24) is 31.1 Å². The number of unbranched alkanes of at least 4 members (excludes halogenated alkanes) is 1. The Morgan fingerprint density at radius 1 is 0.660 bits per heavy atom. The van der Waals surface area contributed by atoms with Crippen molar-refractivity contribution in [2.75, 3.05) is 80.2 Å². The molecule has 0 radical (unpaired) electrons. The number of phosphoric acid groups is 1. The summed E-state index contributed by atoms with van der Waals surface area (Å²) >= 11 is 13.3. The minimum atomic E-state index is -4.96. The van der Waals surface area contributed by atoms with E-state index in [2.05, 4.69) is 26.6 Å². The summed E-state index contributed by atoms with van der Waals surface area (Å²) in [6, 6.07) is 20.5. The smallest absolute Gasteiger partial charge is 0.445 e. The molecule has 97 heavy (non-hydrogen) atoms. The Kier molecular flexibility index (Phi) is 19.0. The molecule has 11 N–H and O–H groups in total. The third kappa shape index (κ3) is 11.7. The van der Waals surface area contributed by atoms with Crippen LogP contribution in [0.1, 0.15) is 81.4 Å². The second-order valence-electron chi connectivity index (χ2n) is 27.1. The highest BCUT2D eigenvalue weighted by molar-refractivity contribution is 7.46. The molecular weight excluding hydrogens is 1310 g/mol. The zero-order chi connectivity index (χ0) is 69.3. The lowest BCUT2D eigenvalue weighted by Crippen LogP contribution is -3.12. The van der Waals surface area contributed by atoms with E-state index in [1.54, 1.807) is 67.3 Å². The zero-order valence-electron chi connectivity index (χ0n) is 54.3. The molecule has 10 amide bonds. The van der Waals surface area contributed by atoms with Crippen LogP contribution in [0.3, 0.4) is 0 Å². The van der Waals surface area contributed by atoms with Gasteiger partial charge in [0, 0.05) is 106 Å². The largest absolute Gasteiger partial charge is 0.524 e. The molecule has 0 bridgehead atoms. The van der Waals surface area contributed by atoms with Crippen LogP contribution in [0.4, 0.5) is 31.4 Å². The van der Waals surface area contributed by atoms with Gasteiger partial charge >= 0.3 is 26.0 Å². The fourth-order valence-electron chi connectivity index (χ4n) is 17.3. The Hall–Kier alpha value is -8.26. The number of phosphoric ester groups is 1. The number of urea groups is 1. The summed E-state index contributed by atoms with van der Waals surface area (Å²) < 4.78 is 29.1. The maximum atomic E-state index is 15.3. The van der Waals surface area contributed by atoms with Crippen LogP contribution in [0, 0.1) is 52.3 Å². The number of nitrogens with two attached hydrogens (primary N) is 2. The highest BCUT2D eigenvalue weighted by Crippen LogP contribution is 3.10. The molecule has 0 saturated heterocycles. The average molecular weight is 1390 g/mol. The minimum absolute atomic E-state index is 0.00315. The molecule has 5 aromatic rings. The number of ether oxygens (including phenoxy) is 2. The summed E-state index contributed by atoms with van der Waals surface area (Å²) in [6.07, 6.45) is 0.431. The van der Waals surface area contributed by atoms with E-state index in [9.17, 15) is 47.9 Å². The van der Waals surface area contributed by atoms with Crippen molar-refractivity contribution in [2.45, 2.75) is 89.4 Å². The predicted octanol–water partition coefficient (Wildman–Crippen LogP) is 6.59. The number of anilines is 3. The number of nitrogens with zero attached hydrogens (tertiary/aromatic N) is 4. The number of likely N-dealkylation sites (N-methyl/N-ethyl adjacent to an activating group) is 2.